The minimum atomic E-state index is -0.532. The van der Waals surface area contributed by atoms with Crippen molar-refractivity contribution in [1.82, 2.24) is 5.32 Å². The number of thiophene rings is 2. The topological polar surface area (TPSA) is 98.5 Å². The molecule has 2 aromatic rings. The summed E-state index contributed by atoms with van der Waals surface area (Å²) < 4.78 is 4.99. The highest BCUT2D eigenvalue weighted by Crippen LogP contribution is 2.24. The fourth-order valence-corrected chi connectivity index (χ4v) is 3.03. The largest absolute Gasteiger partial charge is 0.462 e. The van der Waals surface area contributed by atoms with Crippen molar-refractivity contribution in [1.29, 1.82) is 0 Å². The number of nitrogens with zero attached hydrogens (tertiary/aromatic N) is 1. The van der Waals surface area contributed by atoms with Crippen LogP contribution in [0.3, 0.4) is 0 Å². The molecule has 0 unspecified atom stereocenters. The maximum absolute atomic E-state index is 11.6. The highest BCUT2D eigenvalue weighted by molar-refractivity contribution is 7.16. The molecule has 126 valence electrons. The molecule has 0 radical (unpaired) electrons. The van der Waals surface area contributed by atoms with E-state index in [1.165, 1.54) is 29.6 Å². The van der Waals surface area contributed by atoms with Gasteiger partial charge in [-0.15, -0.1) is 11.3 Å². The van der Waals surface area contributed by atoms with Crippen molar-refractivity contribution in [3.05, 3.63) is 55.6 Å². The van der Waals surface area contributed by atoms with E-state index in [2.05, 4.69) is 5.32 Å². The number of esters is 1. The van der Waals surface area contributed by atoms with E-state index in [1.54, 1.807) is 18.2 Å². The number of hydrogen-bond acceptors (Lipinski definition) is 7. The summed E-state index contributed by atoms with van der Waals surface area (Å²) in [6, 6.07) is 6.48. The Labute approximate surface area is 145 Å². The van der Waals surface area contributed by atoms with Gasteiger partial charge in [-0.25, -0.2) is 4.79 Å². The second-order valence-electron chi connectivity index (χ2n) is 4.52. The zero-order valence-corrected chi connectivity index (χ0v) is 14.1. The fourth-order valence-electron chi connectivity index (χ4n) is 1.67. The van der Waals surface area contributed by atoms with Gasteiger partial charge < -0.3 is 10.1 Å². The van der Waals surface area contributed by atoms with Crippen LogP contribution in [0.1, 0.15) is 21.0 Å². The van der Waals surface area contributed by atoms with Gasteiger partial charge in [-0.3, -0.25) is 14.9 Å². The lowest BCUT2D eigenvalue weighted by Crippen LogP contribution is -2.24. The molecule has 0 fully saturated rings. The van der Waals surface area contributed by atoms with Crippen LogP contribution >= 0.6 is 22.7 Å². The van der Waals surface area contributed by atoms with Crippen LogP contribution in [0.15, 0.2) is 35.7 Å². The van der Waals surface area contributed by atoms with Crippen LogP contribution in [0.5, 0.6) is 0 Å². The summed E-state index contributed by atoms with van der Waals surface area (Å²) in [6.07, 6.45) is 3.19. The molecule has 24 heavy (non-hydrogen) atoms. The minimum Gasteiger partial charge on any atom is -0.462 e. The standard InChI is InChI=1S/C15H14N2O5S2/c18-14(7-5-11-4-6-13(24-11)17(20)21)22-9-2-8-16-15(19)12-3-1-10-23-12/h1,3-7,10H,2,8-9H2,(H,16,19)/b7-5+. The van der Waals surface area contributed by atoms with E-state index in [1.807, 2.05) is 5.38 Å². The molecule has 1 amide bonds. The Bertz CT molecular complexity index is 737. The van der Waals surface area contributed by atoms with E-state index < -0.39 is 10.9 Å². The first-order valence-electron chi connectivity index (χ1n) is 6.97. The number of amides is 1. The van der Waals surface area contributed by atoms with Gasteiger partial charge in [0.05, 0.1) is 16.4 Å². The Morgan fingerprint density at radius 1 is 1.33 bits per heavy atom. The van der Waals surface area contributed by atoms with Crippen molar-refractivity contribution in [3.63, 3.8) is 0 Å². The second kappa shape index (κ2) is 8.94. The molecular weight excluding hydrogens is 352 g/mol. The van der Waals surface area contributed by atoms with Crippen molar-refractivity contribution in [3.8, 4) is 0 Å². The fraction of sp³-hybridized carbons (Fsp3) is 0.200. The number of rotatable bonds is 8. The van der Waals surface area contributed by atoms with Gasteiger partial charge >= 0.3 is 11.0 Å². The van der Waals surface area contributed by atoms with E-state index in [-0.39, 0.29) is 17.5 Å². The Balaban J connectivity index is 1.63. The SMILES string of the molecule is O=C(/C=C/c1ccc([N+](=O)[O-])s1)OCCCNC(=O)c1cccs1. The second-order valence-corrected chi connectivity index (χ2v) is 6.56. The van der Waals surface area contributed by atoms with Crippen molar-refractivity contribution >= 4 is 45.6 Å². The van der Waals surface area contributed by atoms with Crippen LogP contribution < -0.4 is 5.32 Å². The van der Waals surface area contributed by atoms with Gasteiger partial charge in [0, 0.05) is 23.6 Å². The Morgan fingerprint density at radius 2 is 2.17 bits per heavy atom. The first-order chi connectivity index (χ1) is 11.6. The molecule has 0 saturated carbocycles. The monoisotopic (exact) mass is 366 g/mol. The highest BCUT2D eigenvalue weighted by atomic mass is 32.1. The van der Waals surface area contributed by atoms with Gasteiger partial charge in [-0.1, -0.05) is 17.4 Å². The van der Waals surface area contributed by atoms with Crippen LogP contribution in [0.2, 0.25) is 0 Å². The first-order valence-corrected chi connectivity index (χ1v) is 8.66. The molecule has 0 aliphatic rings. The molecule has 0 saturated heterocycles. The van der Waals surface area contributed by atoms with Gasteiger partial charge in [0.15, 0.2) is 0 Å². The third-order valence-electron chi connectivity index (χ3n) is 2.77. The quantitative estimate of drug-likeness (QED) is 0.254. The predicted molar refractivity (Wildman–Crippen MR) is 92.2 cm³/mol. The zero-order valence-electron chi connectivity index (χ0n) is 12.5. The minimum absolute atomic E-state index is 0.0181. The Kier molecular flexibility index (Phi) is 6.64. The normalized spacial score (nSPS) is 10.7. The summed E-state index contributed by atoms with van der Waals surface area (Å²) in [7, 11) is 0. The third-order valence-corrected chi connectivity index (χ3v) is 4.64. The maximum atomic E-state index is 11.6. The number of nitrogens with one attached hydrogen (secondary N) is 1. The summed E-state index contributed by atoms with van der Waals surface area (Å²) in [6.45, 7) is 0.587. The Hall–Kier alpha value is -2.52. The molecule has 2 rings (SSSR count). The highest BCUT2D eigenvalue weighted by Gasteiger charge is 2.08. The van der Waals surface area contributed by atoms with E-state index in [0.717, 1.165) is 11.3 Å². The van der Waals surface area contributed by atoms with Gasteiger partial charge in [0.1, 0.15) is 0 Å². The predicted octanol–water partition coefficient (Wildman–Crippen LogP) is 3.09. The lowest BCUT2D eigenvalue weighted by molar-refractivity contribution is -0.380. The van der Waals surface area contributed by atoms with Crippen molar-refractivity contribution in [2.45, 2.75) is 6.42 Å². The molecule has 0 bridgehead atoms. The van der Waals surface area contributed by atoms with Gasteiger partial charge in [0.25, 0.3) is 5.91 Å². The molecule has 1 N–H and O–H groups in total. The average Bonchev–Trinajstić information content (AvgIpc) is 3.23. The number of carbonyl (C=O) groups is 2. The number of nitro groups is 1. The lowest BCUT2D eigenvalue weighted by atomic mass is 10.4. The van der Waals surface area contributed by atoms with Crippen LogP contribution in [0, 0.1) is 10.1 Å². The van der Waals surface area contributed by atoms with E-state index >= 15 is 0 Å². The molecular formula is C15H14N2O5S2. The number of hydrogen-bond donors (Lipinski definition) is 1. The molecule has 0 atom stereocenters. The van der Waals surface area contributed by atoms with Crippen molar-refractivity contribution in [2.24, 2.45) is 0 Å². The molecule has 0 aliphatic carbocycles. The Morgan fingerprint density at radius 3 is 2.83 bits per heavy atom. The summed E-state index contributed by atoms with van der Waals surface area (Å²) in [5.41, 5.74) is 0. The summed E-state index contributed by atoms with van der Waals surface area (Å²) in [5, 5.41) is 15.1. The molecule has 2 aromatic heterocycles. The zero-order chi connectivity index (χ0) is 17.4. The van der Waals surface area contributed by atoms with Gasteiger partial charge in [-0.05, 0) is 30.0 Å². The third kappa shape index (κ3) is 5.60. The first kappa shape index (κ1) is 17.8. The molecule has 0 aromatic carbocycles. The molecule has 9 heteroatoms. The average molecular weight is 366 g/mol. The molecule has 2 heterocycles. The maximum Gasteiger partial charge on any atom is 0.330 e. The van der Waals surface area contributed by atoms with Gasteiger partial charge in [0.2, 0.25) is 0 Å². The van der Waals surface area contributed by atoms with Crippen LogP contribution in [-0.4, -0.2) is 30.0 Å². The van der Waals surface area contributed by atoms with Crippen LogP contribution in [0.4, 0.5) is 5.00 Å². The lowest BCUT2D eigenvalue weighted by Gasteiger charge is -2.04. The van der Waals surface area contributed by atoms with Crippen molar-refractivity contribution < 1.29 is 19.2 Å². The summed E-state index contributed by atoms with van der Waals surface area (Å²) in [4.78, 5) is 34.5. The van der Waals surface area contributed by atoms with Crippen LogP contribution in [0.25, 0.3) is 6.08 Å². The van der Waals surface area contributed by atoms with Gasteiger partial charge in [-0.2, -0.15) is 0 Å². The van der Waals surface area contributed by atoms with E-state index in [0.29, 0.717) is 22.7 Å². The molecule has 0 spiro atoms. The molecule has 0 aliphatic heterocycles. The summed E-state index contributed by atoms with van der Waals surface area (Å²) in [5.74, 6) is -0.675. The summed E-state index contributed by atoms with van der Waals surface area (Å²) >= 11 is 2.34. The van der Waals surface area contributed by atoms with E-state index in [9.17, 15) is 19.7 Å². The van der Waals surface area contributed by atoms with E-state index in [4.69, 9.17) is 4.74 Å². The van der Waals surface area contributed by atoms with Crippen molar-refractivity contribution in [2.75, 3.05) is 13.2 Å². The number of ether oxygens (including phenoxy) is 1. The van der Waals surface area contributed by atoms with Crippen LogP contribution in [-0.2, 0) is 9.53 Å². The molecule has 7 nitrogen and oxygen atoms in total. The smallest absolute Gasteiger partial charge is 0.330 e. The number of carbonyl (C=O) groups excluding carboxylic acids is 2.